The highest BCUT2D eigenvalue weighted by atomic mass is 35.5. The summed E-state index contributed by atoms with van der Waals surface area (Å²) >= 11 is 6.85. The fraction of sp³-hybridized carbons (Fsp3) is 0.0500. The van der Waals surface area contributed by atoms with Crippen LogP contribution >= 0.6 is 11.6 Å². The number of carbonyl (C=O) groups is 1. The number of alkyl halides is 1. The molecule has 4 heteroatoms. The summed E-state index contributed by atoms with van der Waals surface area (Å²) in [5.41, 5.74) is 1.43. The summed E-state index contributed by atoms with van der Waals surface area (Å²) in [6.45, 7) is 0. The molecule has 0 amide bonds. The predicted molar refractivity (Wildman–Crippen MR) is 100 cm³/mol. The second kappa shape index (κ2) is 7.47. The predicted octanol–water partition coefficient (Wildman–Crippen LogP) is 3.12. The van der Waals surface area contributed by atoms with Crippen molar-refractivity contribution in [2.45, 2.75) is 4.87 Å². The lowest BCUT2D eigenvalue weighted by Gasteiger charge is -2.26. The number of hydrogen-bond acceptors (Lipinski definition) is 2. The Morgan fingerprint density at radius 2 is 1.17 bits per heavy atom. The van der Waals surface area contributed by atoms with E-state index in [1.54, 1.807) is 0 Å². The number of carbonyl (C=O) groups excluding carboxylic acids is 1. The standard InChI is InChI=1S/C20H17ClO2Si/c21-20(16-10-4-1-5-11-16,17-12-6-2-7-13-17)19(22)23-24-18-14-8-3-9-15-18/h1-15H,24H2. The van der Waals surface area contributed by atoms with Gasteiger partial charge >= 0.3 is 5.97 Å². The molecule has 2 nitrogen and oxygen atoms in total. The van der Waals surface area contributed by atoms with Gasteiger partial charge in [0.15, 0.2) is 4.87 Å². The summed E-state index contributed by atoms with van der Waals surface area (Å²) in [5.74, 6) is -0.419. The third-order valence-electron chi connectivity index (χ3n) is 3.84. The van der Waals surface area contributed by atoms with Crippen LogP contribution in [0.3, 0.4) is 0 Å². The molecule has 0 aliphatic heterocycles. The van der Waals surface area contributed by atoms with Crippen molar-refractivity contribution < 1.29 is 9.22 Å². The van der Waals surface area contributed by atoms with Gasteiger partial charge in [0.05, 0.1) is 0 Å². The minimum atomic E-state index is -1.33. The lowest BCUT2D eigenvalue weighted by molar-refractivity contribution is -0.136. The lowest BCUT2D eigenvalue weighted by atomic mass is 9.90. The van der Waals surface area contributed by atoms with Crippen LogP contribution in [0.15, 0.2) is 91.0 Å². The minimum absolute atomic E-state index is 0.419. The molecule has 3 aromatic carbocycles. The van der Waals surface area contributed by atoms with Crippen molar-refractivity contribution in [3.8, 4) is 0 Å². The Morgan fingerprint density at radius 3 is 1.62 bits per heavy atom. The van der Waals surface area contributed by atoms with Crippen molar-refractivity contribution >= 4 is 32.5 Å². The number of halogens is 1. The molecule has 0 saturated carbocycles. The molecular weight excluding hydrogens is 336 g/mol. The summed E-state index contributed by atoms with van der Waals surface area (Å²) in [6.07, 6.45) is 0. The maximum absolute atomic E-state index is 12.9. The maximum atomic E-state index is 12.9. The summed E-state index contributed by atoms with van der Waals surface area (Å²) in [7, 11) is -1.18. The highest BCUT2D eigenvalue weighted by Crippen LogP contribution is 2.37. The van der Waals surface area contributed by atoms with Crippen LogP contribution in [-0.2, 0) is 14.1 Å². The van der Waals surface area contributed by atoms with Crippen molar-refractivity contribution in [1.82, 2.24) is 0 Å². The van der Waals surface area contributed by atoms with Crippen LogP contribution in [0.25, 0.3) is 0 Å². The summed E-state index contributed by atoms with van der Waals surface area (Å²) in [4.78, 5) is 11.6. The van der Waals surface area contributed by atoms with Crippen LogP contribution < -0.4 is 5.19 Å². The SMILES string of the molecule is O=C(O[SiH2]c1ccccc1)C(Cl)(c1ccccc1)c1ccccc1. The zero-order valence-electron chi connectivity index (χ0n) is 13.1. The number of benzene rings is 3. The molecule has 24 heavy (non-hydrogen) atoms. The van der Waals surface area contributed by atoms with E-state index in [0.717, 1.165) is 5.19 Å². The average Bonchev–Trinajstić information content (AvgIpc) is 2.67. The molecule has 0 N–H and O–H groups in total. The smallest absolute Gasteiger partial charge is 0.323 e. The third kappa shape index (κ3) is 3.42. The molecule has 0 fully saturated rings. The van der Waals surface area contributed by atoms with Gasteiger partial charge in [-0.1, -0.05) is 103 Å². The van der Waals surface area contributed by atoms with Gasteiger partial charge in [0.1, 0.15) is 0 Å². The first-order valence-corrected chi connectivity index (χ1v) is 9.38. The maximum Gasteiger partial charge on any atom is 0.323 e. The normalized spacial score (nSPS) is 11.5. The Bertz CT molecular complexity index is 752. The number of hydrogen-bond donors (Lipinski definition) is 0. The highest BCUT2D eigenvalue weighted by Gasteiger charge is 2.41. The first kappa shape index (κ1) is 16.5. The second-order valence-electron chi connectivity index (χ2n) is 5.45. The topological polar surface area (TPSA) is 26.3 Å². The van der Waals surface area contributed by atoms with Gasteiger partial charge in [0, 0.05) is 0 Å². The fourth-order valence-corrected chi connectivity index (χ4v) is 3.94. The van der Waals surface area contributed by atoms with E-state index in [1.165, 1.54) is 0 Å². The first-order valence-electron chi connectivity index (χ1n) is 7.72. The molecule has 0 heterocycles. The van der Waals surface area contributed by atoms with E-state index in [1.807, 2.05) is 91.0 Å². The van der Waals surface area contributed by atoms with E-state index < -0.39 is 20.6 Å². The molecule has 0 radical (unpaired) electrons. The summed E-state index contributed by atoms with van der Waals surface area (Å²) in [6, 6.07) is 28.5. The molecular formula is C20H17ClO2Si. The molecule has 0 bridgehead atoms. The molecule has 0 atom stereocenters. The van der Waals surface area contributed by atoms with Crippen molar-refractivity contribution in [2.75, 3.05) is 0 Å². The Hall–Kier alpha value is -2.36. The van der Waals surface area contributed by atoms with Gasteiger partial charge in [-0.3, -0.25) is 4.79 Å². The minimum Gasteiger partial charge on any atom is -0.519 e. The monoisotopic (exact) mass is 352 g/mol. The third-order valence-corrected chi connectivity index (χ3v) is 5.64. The van der Waals surface area contributed by atoms with Crippen molar-refractivity contribution in [3.63, 3.8) is 0 Å². The zero-order valence-corrected chi connectivity index (χ0v) is 15.2. The molecule has 0 spiro atoms. The summed E-state index contributed by atoms with van der Waals surface area (Å²) in [5, 5.41) is 1.06. The molecule has 0 aromatic heterocycles. The largest absolute Gasteiger partial charge is 0.519 e. The van der Waals surface area contributed by atoms with E-state index in [-0.39, 0.29) is 0 Å². The Kier molecular flexibility index (Phi) is 5.13. The molecule has 120 valence electrons. The van der Waals surface area contributed by atoms with Gasteiger partial charge in [-0.2, -0.15) is 0 Å². The highest BCUT2D eigenvalue weighted by molar-refractivity contribution is 6.50. The average molecular weight is 353 g/mol. The van der Waals surface area contributed by atoms with Crippen molar-refractivity contribution in [3.05, 3.63) is 102 Å². The van der Waals surface area contributed by atoms with E-state index in [9.17, 15) is 4.79 Å². The van der Waals surface area contributed by atoms with Crippen LogP contribution in [0, 0.1) is 0 Å². The Morgan fingerprint density at radius 1 is 0.750 bits per heavy atom. The Labute approximate surface area is 149 Å². The first-order chi connectivity index (χ1) is 11.7. The second-order valence-corrected chi connectivity index (χ2v) is 7.41. The fourth-order valence-electron chi connectivity index (χ4n) is 2.56. The molecule has 0 saturated heterocycles. The van der Waals surface area contributed by atoms with Crippen LogP contribution in [-0.4, -0.2) is 15.7 Å². The molecule has 3 rings (SSSR count). The zero-order chi connectivity index (χ0) is 16.8. The van der Waals surface area contributed by atoms with Gasteiger partial charge < -0.3 is 4.43 Å². The van der Waals surface area contributed by atoms with Gasteiger partial charge in [-0.05, 0) is 16.3 Å². The van der Waals surface area contributed by atoms with Crippen molar-refractivity contribution in [1.29, 1.82) is 0 Å². The van der Waals surface area contributed by atoms with Crippen LogP contribution in [0.5, 0.6) is 0 Å². The molecule has 0 unspecified atom stereocenters. The van der Waals surface area contributed by atoms with E-state index in [0.29, 0.717) is 11.1 Å². The molecule has 0 aliphatic rings. The van der Waals surface area contributed by atoms with Gasteiger partial charge in [-0.15, -0.1) is 0 Å². The van der Waals surface area contributed by atoms with Gasteiger partial charge in [0.25, 0.3) is 9.76 Å². The lowest BCUT2D eigenvalue weighted by Crippen LogP contribution is -2.36. The Balaban J connectivity index is 1.92. The molecule has 3 aromatic rings. The van der Waals surface area contributed by atoms with E-state index in [2.05, 4.69) is 0 Å². The van der Waals surface area contributed by atoms with Gasteiger partial charge in [-0.25, -0.2) is 0 Å². The van der Waals surface area contributed by atoms with E-state index >= 15 is 0 Å². The number of rotatable bonds is 5. The quantitative estimate of drug-likeness (QED) is 0.521. The van der Waals surface area contributed by atoms with Crippen LogP contribution in [0.1, 0.15) is 11.1 Å². The van der Waals surface area contributed by atoms with E-state index in [4.69, 9.17) is 16.0 Å². The van der Waals surface area contributed by atoms with Crippen LogP contribution in [0.2, 0.25) is 0 Å². The van der Waals surface area contributed by atoms with Crippen LogP contribution in [0.4, 0.5) is 0 Å². The summed E-state index contributed by atoms with van der Waals surface area (Å²) < 4.78 is 5.67. The molecule has 0 aliphatic carbocycles. The van der Waals surface area contributed by atoms with Gasteiger partial charge in [0.2, 0.25) is 0 Å². The van der Waals surface area contributed by atoms with Crippen molar-refractivity contribution in [2.24, 2.45) is 0 Å².